The molecule has 2 aliphatic carbocycles. The minimum Gasteiger partial charge on any atom is -0.381 e. The van der Waals surface area contributed by atoms with Crippen LogP contribution in [0.25, 0.3) is 0 Å². The molecule has 19 heavy (non-hydrogen) atoms. The molecule has 0 radical (unpaired) electrons. The largest absolute Gasteiger partial charge is 0.381 e. The Morgan fingerprint density at radius 2 is 2.11 bits per heavy atom. The number of hydrogen-bond donors (Lipinski definition) is 2. The molecule has 1 aliphatic heterocycles. The molecule has 3 N–H and O–H groups in total. The van der Waals surface area contributed by atoms with Crippen LogP contribution in [0, 0.1) is 11.3 Å². The second kappa shape index (κ2) is 4.69. The Hall–Kier alpha value is -0.160. The molecule has 1 heterocycles. The lowest BCUT2D eigenvalue weighted by Gasteiger charge is -2.67. The van der Waals surface area contributed by atoms with E-state index in [1.165, 1.54) is 6.42 Å². The average molecular weight is 268 g/mol. The SMILES string of the molecule is COC1CC(NCC2(N)C3CCCOC3C2(C)C)C1. The molecule has 0 spiro atoms. The summed E-state index contributed by atoms with van der Waals surface area (Å²) < 4.78 is 11.3. The van der Waals surface area contributed by atoms with E-state index in [1.807, 2.05) is 0 Å². The van der Waals surface area contributed by atoms with E-state index < -0.39 is 0 Å². The van der Waals surface area contributed by atoms with Gasteiger partial charge < -0.3 is 20.5 Å². The molecule has 0 amide bonds. The van der Waals surface area contributed by atoms with Gasteiger partial charge in [-0.3, -0.25) is 0 Å². The third-order valence-electron chi connectivity index (χ3n) is 6.01. The van der Waals surface area contributed by atoms with Crippen LogP contribution in [0.5, 0.6) is 0 Å². The van der Waals surface area contributed by atoms with Crippen LogP contribution in [0.3, 0.4) is 0 Å². The normalized spacial score (nSPS) is 48.0. The monoisotopic (exact) mass is 268 g/mol. The first-order valence-electron chi connectivity index (χ1n) is 7.65. The Labute approximate surface area is 116 Å². The Bertz CT molecular complexity index is 341. The number of hydrogen-bond acceptors (Lipinski definition) is 4. The van der Waals surface area contributed by atoms with Gasteiger partial charge in [0.05, 0.1) is 12.2 Å². The Morgan fingerprint density at radius 1 is 1.37 bits per heavy atom. The van der Waals surface area contributed by atoms with Crippen LogP contribution in [0.2, 0.25) is 0 Å². The Morgan fingerprint density at radius 3 is 2.79 bits per heavy atom. The first-order chi connectivity index (χ1) is 8.99. The summed E-state index contributed by atoms with van der Waals surface area (Å²) in [5.41, 5.74) is 6.72. The molecule has 3 rings (SSSR count). The summed E-state index contributed by atoms with van der Waals surface area (Å²) in [6.07, 6.45) is 5.44. The van der Waals surface area contributed by atoms with E-state index in [9.17, 15) is 0 Å². The number of nitrogens with two attached hydrogens (primary N) is 1. The fourth-order valence-electron chi connectivity index (χ4n) is 4.26. The molecule has 0 aromatic heterocycles. The van der Waals surface area contributed by atoms with Crippen molar-refractivity contribution < 1.29 is 9.47 Å². The van der Waals surface area contributed by atoms with Crippen LogP contribution in [-0.2, 0) is 9.47 Å². The molecule has 1 saturated heterocycles. The van der Waals surface area contributed by atoms with E-state index in [4.69, 9.17) is 15.2 Å². The summed E-state index contributed by atoms with van der Waals surface area (Å²) in [6, 6.07) is 0.588. The number of fused-ring (bicyclic) bond motifs is 1. The highest BCUT2D eigenvalue weighted by atomic mass is 16.5. The van der Waals surface area contributed by atoms with Crippen molar-refractivity contribution in [2.24, 2.45) is 17.1 Å². The topological polar surface area (TPSA) is 56.5 Å². The molecule has 4 nitrogen and oxygen atoms in total. The van der Waals surface area contributed by atoms with Crippen molar-refractivity contribution in [3.8, 4) is 0 Å². The zero-order valence-electron chi connectivity index (χ0n) is 12.4. The smallest absolute Gasteiger partial charge is 0.0690 e. The van der Waals surface area contributed by atoms with E-state index in [0.717, 1.165) is 32.4 Å². The molecule has 0 bridgehead atoms. The second-order valence-corrected chi connectivity index (χ2v) is 7.21. The summed E-state index contributed by atoms with van der Waals surface area (Å²) >= 11 is 0. The summed E-state index contributed by atoms with van der Waals surface area (Å²) in [5, 5.41) is 3.65. The third-order valence-corrected chi connectivity index (χ3v) is 6.01. The average Bonchev–Trinajstić information content (AvgIpc) is 2.37. The summed E-state index contributed by atoms with van der Waals surface area (Å²) in [4.78, 5) is 0. The van der Waals surface area contributed by atoms with E-state index in [1.54, 1.807) is 7.11 Å². The van der Waals surface area contributed by atoms with Crippen molar-refractivity contribution in [3.05, 3.63) is 0 Å². The number of ether oxygens (including phenoxy) is 2. The molecule has 3 unspecified atom stereocenters. The van der Waals surface area contributed by atoms with Crippen molar-refractivity contribution in [1.82, 2.24) is 5.32 Å². The van der Waals surface area contributed by atoms with Crippen LogP contribution < -0.4 is 11.1 Å². The summed E-state index contributed by atoms with van der Waals surface area (Å²) in [6.45, 7) is 6.34. The zero-order valence-corrected chi connectivity index (χ0v) is 12.4. The molecule has 0 aromatic carbocycles. The molecule has 3 aliphatic rings. The highest BCUT2D eigenvalue weighted by Crippen LogP contribution is 2.57. The molecule has 3 fully saturated rings. The van der Waals surface area contributed by atoms with E-state index >= 15 is 0 Å². The van der Waals surface area contributed by atoms with Gasteiger partial charge in [-0.15, -0.1) is 0 Å². The number of nitrogens with one attached hydrogen (secondary N) is 1. The van der Waals surface area contributed by atoms with Crippen LogP contribution in [0.4, 0.5) is 0 Å². The maximum absolute atomic E-state index is 6.76. The minimum absolute atomic E-state index is 0.0789. The maximum atomic E-state index is 6.76. The fourth-order valence-corrected chi connectivity index (χ4v) is 4.26. The van der Waals surface area contributed by atoms with Crippen molar-refractivity contribution in [2.45, 2.75) is 63.3 Å². The van der Waals surface area contributed by atoms with Gasteiger partial charge in [-0.25, -0.2) is 0 Å². The van der Waals surface area contributed by atoms with E-state index in [0.29, 0.717) is 24.2 Å². The highest BCUT2D eigenvalue weighted by molar-refractivity contribution is 5.21. The molecule has 2 saturated carbocycles. The van der Waals surface area contributed by atoms with Crippen LogP contribution in [-0.4, -0.2) is 44.1 Å². The van der Waals surface area contributed by atoms with Gasteiger partial charge in [-0.2, -0.15) is 0 Å². The van der Waals surface area contributed by atoms with Crippen molar-refractivity contribution in [3.63, 3.8) is 0 Å². The molecular formula is C15H28N2O2. The van der Waals surface area contributed by atoms with Gasteiger partial charge in [-0.05, 0) is 25.7 Å². The van der Waals surface area contributed by atoms with Crippen molar-refractivity contribution in [1.29, 1.82) is 0 Å². The summed E-state index contributed by atoms with van der Waals surface area (Å²) in [5.74, 6) is 0.530. The molecule has 4 heteroatoms. The van der Waals surface area contributed by atoms with Gasteiger partial charge in [0.1, 0.15) is 0 Å². The zero-order chi connectivity index (χ0) is 13.7. The summed E-state index contributed by atoms with van der Waals surface area (Å²) in [7, 11) is 1.80. The van der Waals surface area contributed by atoms with Crippen LogP contribution in [0.15, 0.2) is 0 Å². The van der Waals surface area contributed by atoms with Crippen molar-refractivity contribution in [2.75, 3.05) is 20.3 Å². The molecule has 110 valence electrons. The Kier molecular flexibility index (Phi) is 3.41. The fraction of sp³-hybridized carbons (Fsp3) is 1.00. The van der Waals surface area contributed by atoms with Gasteiger partial charge in [0, 0.05) is 43.2 Å². The van der Waals surface area contributed by atoms with Crippen molar-refractivity contribution >= 4 is 0 Å². The van der Waals surface area contributed by atoms with Crippen LogP contribution in [0.1, 0.15) is 39.5 Å². The first kappa shape index (κ1) is 13.8. The molecule has 3 atom stereocenters. The number of rotatable bonds is 4. The lowest BCUT2D eigenvalue weighted by atomic mass is 9.46. The van der Waals surface area contributed by atoms with Crippen LogP contribution >= 0.6 is 0 Å². The lowest BCUT2D eigenvalue weighted by molar-refractivity contribution is -0.226. The van der Waals surface area contributed by atoms with E-state index in [2.05, 4.69) is 19.2 Å². The minimum atomic E-state index is -0.115. The second-order valence-electron chi connectivity index (χ2n) is 7.21. The quantitative estimate of drug-likeness (QED) is 0.806. The highest BCUT2D eigenvalue weighted by Gasteiger charge is 2.66. The lowest BCUT2D eigenvalue weighted by Crippen LogP contribution is -2.80. The Balaban J connectivity index is 1.57. The van der Waals surface area contributed by atoms with Gasteiger partial charge in [-0.1, -0.05) is 13.8 Å². The van der Waals surface area contributed by atoms with Gasteiger partial charge in [0.2, 0.25) is 0 Å². The number of methoxy groups -OCH3 is 1. The van der Waals surface area contributed by atoms with Gasteiger partial charge >= 0.3 is 0 Å². The standard InChI is InChI=1S/C15H28N2O2/c1-14(2)13-12(5-4-6-19-13)15(14,16)9-17-10-7-11(8-10)18-3/h10-13,17H,4-9,16H2,1-3H3. The van der Waals surface area contributed by atoms with E-state index in [-0.39, 0.29) is 11.0 Å². The predicted octanol–water partition coefficient (Wildman–Crippen LogP) is 1.29. The molecule has 0 aromatic rings. The molecular weight excluding hydrogens is 240 g/mol. The first-order valence-corrected chi connectivity index (χ1v) is 7.65. The maximum Gasteiger partial charge on any atom is 0.0690 e. The predicted molar refractivity (Wildman–Crippen MR) is 75.0 cm³/mol. The third kappa shape index (κ3) is 1.96. The van der Waals surface area contributed by atoms with Gasteiger partial charge in [0.25, 0.3) is 0 Å². The van der Waals surface area contributed by atoms with Gasteiger partial charge in [0.15, 0.2) is 0 Å².